The molecule has 13 heteroatoms. The van der Waals surface area contributed by atoms with Gasteiger partial charge in [0.1, 0.15) is 18.3 Å². The van der Waals surface area contributed by atoms with Crippen molar-refractivity contribution in [1.82, 2.24) is 5.32 Å². The van der Waals surface area contributed by atoms with Crippen LogP contribution in [0.4, 0.5) is 0 Å². The number of aliphatic carboxylic acids is 2. The van der Waals surface area contributed by atoms with Crippen molar-refractivity contribution < 1.29 is 58.6 Å². The highest BCUT2D eigenvalue weighted by atomic mass is 16.8. The van der Waals surface area contributed by atoms with E-state index in [9.17, 15) is 39.6 Å². The number of carboxylic acid groups (broad SMARTS) is 2. The lowest BCUT2D eigenvalue weighted by Gasteiger charge is -2.50. The van der Waals surface area contributed by atoms with Gasteiger partial charge in [-0.25, -0.2) is 14.4 Å². The maximum absolute atomic E-state index is 13.1. The lowest BCUT2D eigenvalue weighted by atomic mass is 9.74. The summed E-state index contributed by atoms with van der Waals surface area (Å²) in [5.74, 6) is -7.85. The number of likely N-dealkylation sites (N-methyl/N-ethyl adjacent to an activating group) is 1. The molecular weight excluding hydrogens is 638 g/mol. The third kappa shape index (κ3) is 8.24. The Morgan fingerprint density at radius 3 is 2.31 bits per heavy atom. The van der Waals surface area contributed by atoms with Crippen molar-refractivity contribution >= 4 is 23.9 Å². The van der Waals surface area contributed by atoms with Crippen LogP contribution in [0.2, 0.25) is 0 Å². The molecule has 0 aromatic heterocycles. The standard InChI is InChI=1S/C36H51NO12/c1-8-21(2)18-22(3)14-15-28(39)47-31-30(40)34(48-27(20-37-7)35(45,32(41)42)36(31,49-34)33(43)44)17-16-23(4)29(46-25(6)38)24(5)19-26-12-10-9-11-13-26/h9-15,21-22,24,27,29-31,37,40,45H,4,8,16-20H2,1-3,5-7H3,(H,41,42)(H,43,44)/b15-14+/t21-,22+,24+,27+,29+,30+,31+,34-,35+,36-/m0/s1. The quantitative estimate of drug-likeness (QED) is 0.0857. The van der Waals surface area contributed by atoms with Crippen molar-refractivity contribution in [2.75, 3.05) is 13.6 Å². The number of aliphatic hydroxyl groups is 2. The molecule has 10 atom stereocenters. The van der Waals surface area contributed by atoms with Gasteiger partial charge >= 0.3 is 23.9 Å². The Balaban J connectivity index is 2.00. The van der Waals surface area contributed by atoms with Crippen LogP contribution in [0, 0.1) is 17.8 Å². The molecule has 13 nitrogen and oxygen atoms in total. The van der Waals surface area contributed by atoms with E-state index in [0.717, 1.165) is 24.5 Å². The van der Waals surface area contributed by atoms with E-state index < -0.39 is 65.3 Å². The van der Waals surface area contributed by atoms with Gasteiger partial charge in [-0.3, -0.25) is 4.79 Å². The summed E-state index contributed by atoms with van der Waals surface area (Å²) in [7, 11) is 1.43. The number of ether oxygens (including phenoxy) is 4. The van der Waals surface area contributed by atoms with Crippen molar-refractivity contribution in [2.45, 2.75) is 108 Å². The molecule has 3 rings (SSSR count). The van der Waals surface area contributed by atoms with E-state index in [-0.39, 0.29) is 31.2 Å². The third-order valence-corrected chi connectivity index (χ3v) is 9.56. The smallest absolute Gasteiger partial charge is 0.344 e. The molecule has 5 N–H and O–H groups in total. The number of carbonyl (C=O) groups excluding carboxylic acids is 2. The van der Waals surface area contributed by atoms with Gasteiger partial charge in [0.25, 0.3) is 0 Å². The van der Waals surface area contributed by atoms with E-state index in [2.05, 4.69) is 18.8 Å². The fraction of sp³-hybridized carbons (Fsp3) is 0.611. The van der Waals surface area contributed by atoms with Gasteiger partial charge < -0.3 is 44.7 Å². The molecule has 2 fully saturated rings. The molecule has 0 saturated carbocycles. The highest BCUT2D eigenvalue weighted by Crippen LogP contribution is 2.55. The molecular formula is C36H51NO12. The zero-order valence-electron chi connectivity index (χ0n) is 29.1. The van der Waals surface area contributed by atoms with Crippen LogP contribution in [0.15, 0.2) is 54.6 Å². The fourth-order valence-electron chi connectivity index (χ4n) is 6.84. The number of fused-ring (bicyclic) bond motifs is 2. The molecule has 1 aromatic rings. The molecule has 2 aliphatic rings. The van der Waals surface area contributed by atoms with Gasteiger partial charge in [0.2, 0.25) is 17.0 Å². The van der Waals surface area contributed by atoms with Crippen LogP contribution < -0.4 is 5.32 Å². The van der Waals surface area contributed by atoms with Crippen molar-refractivity contribution in [3.8, 4) is 0 Å². The average molecular weight is 690 g/mol. The summed E-state index contributed by atoms with van der Waals surface area (Å²) in [6.45, 7) is 12.9. The second kappa shape index (κ2) is 16.4. The van der Waals surface area contributed by atoms with E-state index >= 15 is 0 Å². The van der Waals surface area contributed by atoms with Crippen LogP contribution in [-0.4, -0.2) is 99.3 Å². The maximum Gasteiger partial charge on any atom is 0.344 e. The van der Waals surface area contributed by atoms with Gasteiger partial charge in [-0.2, -0.15) is 0 Å². The number of carbonyl (C=O) groups is 4. The molecule has 2 saturated heterocycles. The zero-order chi connectivity index (χ0) is 36.7. The first kappa shape index (κ1) is 39.8. The molecule has 272 valence electrons. The summed E-state index contributed by atoms with van der Waals surface area (Å²) in [5.41, 5.74) is -5.15. The molecule has 0 amide bonds. The van der Waals surface area contributed by atoms with E-state index in [1.165, 1.54) is 14.0 Å². The molecule has 0 radical (unpaired) electrons. The van der Waals surface area contributed by atoms with Gasteiger partial charge in [0.15, 0.2) is 6.10 Å². The van der Waals surface area contributed by atoms with E-state index in [0.29, 0.717) is 17.9 Å². The normalized spacial score (nSPS) is 30.2. The number of aliphatic hydroxyl groups excluding tert-OH is 1. The van der Waals surface area contributed by atoms with Crippen LogP contribution in [0.1, 0.15) is 65.9 Å². The topological polar surface area (TPSA) is 198 Å². The fourth-order valence-corrected chi connectivity index (χ4v) is 6.84. The van der Waals surface area contributed by atoms with Gasteiger partial charge in [0.05, 0.1) is 0 Å². The molecule has 2 bridgehead atoms. The Hall–Kier alpha value is -3.62. The number of nitrogens with one attached hydrogen (secondary N) is 1. The van der Waals surface area contributed by atoms with Crippen molar-refractivity contribution in [3.63, 3.8) is 0 Å². The molecule has 0 spiro atoms. The Labute approximate surface area is 287 Å². The first-order valence-electron chi connectivity index (χ1n) is 16.7. The lowest BCUT2D eigenvalue weighted by Crippen LogP contribution is -2.77. The van der Waals surface area contributed by atoms with Crippen molar-refractivity contribution in [2.24, 2.45) is 17.8 Å². The molecule has 2 aliphatic heterocycles. The molecule has 1 aromatic carbocycles. The van der Waals surface area contributed by atoms with Crippen LogP contribution in [-0.2, 0) is 44.5 Å². The number of carboxylic acids is 2. The monoisotopic (exact) mass is 689 g/mol. The zero-order valence-corrected chi connectivity index (χ0v) is 29.1. The van der Waals surface area contributed by atoms with Gasteiger partial charge in [-0.15, -0.1) is 0 Å². The van der Waals surface area contributed by atoms with Gasteiger partial charge in [0, 0.05) is 31.9 Å². The predicted molar refractivity (Wildman–Crippen MR) is 177 cm³/mol. The maximum atomic E-state index is 13.1. The minimum absolute atomic E-state index is 0.0500. The number of hydrogen-bond acceptors (Lipinski definition) is 11. The second-order valence-corrected chi connectivity index (χ2v) is 13.4. The number of hydrogen-bond donors (Lipinski definition) is 5. The first-order chi connectivity index (χ1) is 23.0. The summed E-state index contributed by atoms with van der Waals surface area (Å²) in [6.07, 6.45) is -2.41. The van der Waals surface area contributed by atoms with Crippen LogP contribution in [0.5, 0.6) is 0 Å². The first-order valence-corrected chi connectivity index (χ1v) is 16.7. The third-order valence-electron chi connectivity index (χ3n) is 9.56. The Bertz CT molecular complexity index is 1380. The lowest BCUT2D eigenvalue weighted by molar-refractivity contribution is -0.378. The summed E-state index contributed by atoms with van der Waals surface area (Å²) in [5, 5.41) is 47.0. The summed E-state index contributed by atoms with van der Waals surface area (Å²) in [4.78, 5) is 51.1. The van der Waals surface area contributed by atoms with E-state index in [1.54, 1.807) is 6.08 Å². The van der Waals surface area contributed by atoms with Crippen molar-refractivity contribution in [3.05, 3.63) is 60.2 Å². The molecule has 2 heterocycles. The second-order valence-electron chi connectivity index (χ2n) is 13.4. The molecule has 49 heavy (non-hydrogen) atoms. The van der Waals surface area contributed by atoms with Gasteiger partial charge in [-0.05, 0) is 49.3 Å². The Morgan fingerprint density at radius 2 is 1.76 bits per heavy atom. The highest BCUT2D eigenvalue weighted by molar-refractivity contribution is 5.94. The Kier molecular flexibility index (Phi) is 13.3. The van der Waals surface area contributed by atoms with Gasteiger partial charge in [-0.1, -0.05) is 77.1 Å². The van der Waals surface area contributed by atoms with Crippen molar-refractivity contribution in [1.29, 1.82) is 0 Å². The summed E-state index contributed by atoms with van der Waals surface area (Å²) in [6, 6.07) is 9.52. The minimum Gasteiger partial charge on any atom is -0.479 e. The number of allylic oxidation sites excluding steroid dienone is 1. The van der Waals surface area contributed by atoms with Crippen LogP contribution in [0.25, 0.3) is 0 Å². The van der Waals surface area contributed by atoms with E-state index in [1.807, 2.05) is 51.1 Å². The van der Waals surface area contributed by atoms with Crippen LogP contribution in [0.3, 0.4) is 0 Å². The SMILES string of the molecule is C=C(CC[C@]12O[C@H](CNC)[C@@](O)(C(=O)O)[C@](C(=O)O)(O1)[C@H](OC(=O)/C=C/[C@@H](C)C[C@@H](C)CC)[C@H]2O)[C@@H](OC(C)=O)[C@H](C)Cc1ccccc1. The summed E-state index contributed by atoms with van der Waals surface area (Å²) < 4.78 is 23.0. The predicted octanol–water partition coefficient (Wildman–Crippen LogP) is 3.02. The highest BCUT2D eigenvalue weighted by Gasteiger charge is 2.84. The van der Waals surface area contributed by atoms with E-state index in [4.69, 9.17) is 18.9 Å². The minimum atomic E-state index is -3.33. The molecule has 0 unspecified atom stereocenters. The molecule has 0 aliphatic carbocycles. The Morgan fingerprint density at radius 1 is 1.10 bits per heavy atom. The number of rotatable bonds is 18. The largest absolute Gasteiger partial charge is 0.479 e. The number of benzene rings is 1. The average Bonchev–Trinajstić information content (AvgIpc) is 3.26. The number of esters is 2. The van der Waals surface area contributed by atoms with Crippen LogP contribution >= 0.6 is 0 Å². The summed E-state index contributed by atoms with van der Waals surface area (Å²) >= 11 is 0.